The van der Waals surface area contributed by atoms with E-state index in [0.29, 0.717) is 5.92 Å². The van der Waals surface area contributed by atoms with E-state index < -0.39 is 5.60 Å². The van der Waals surface area contributed by atoms with Crippen LogP contribution in [0.1, 0.15) is 71.9 Å². The molecule has 0 spiro atoms. The molecule has 2 aliphatic carbocycles. The topological polar surface area (TPSA) is 29.5 Å². The molecule has 2 fully saturated rings. The number of aliphatic hydroxyl groups is 1. The fourth-order valence-corrected chi connectivity index (χ4v) is 5.56. The normalized spacial score (nSPS) is 35.6. The molecule has 3 rings (SSSR count). The average molecular weight is 316 g/mol. The molecule has 23 heavy (non-hydrogen) atoms. The third-order valence-electron chi connectivity index (χ3n) is 6.99. The number of rotatable bonds is 2. The maximum absolute atomic E-state index is 12.1. The lowest BCUT2D eigenvalue weighted by molar-refractivity contribution is -0.151. The smallest absolute Gasteiger partial charge is 0.128 e. The summed E-state index contributed by atoms with van der Waals surface area (Å²) in [4.78, 5) is 0. The fourth-order valence-electron chi connectivity index (χ4n) is 5.56. The Morgan fingerprint density at radius 2 is 1.83 bits per heavy atom. The van der Waals surface area contributed by atoms with Crippen LogP contribution >= 0.6 is 0 Å². The second-order valence-electron chi connectivity index (χ2n) is 9.57. The SMILES string of the molecule is COc1c(C(C)(C)C)cccc1C1(O)C2(C)CCC(C2)C1(C)C. The molecule has 1 aromatic carbocycles. The van der Waals surface area contributed by atoms with Crippen LogP contribution in [0.25, 0.3) is 0 Å². The molecule has 2 heteroatoms. The van der Waals surface area contributed by atoms with Crippen molar-refractivity contribution in [3.63, 3.8) is 0 Å². The summed E-state index contributed by atoms with van der Waals surface area (Å²) < 4.78 is 5.87. The maximum Gasteiger partial charge on any atom is 0.128 e. The molecular formula is C21H32O2. The van der Waals surface area contributed by atoms with Gasteiger partial charge >= 0.3 is 0 Å². The number of ether oxygens (including phenoxy) is 1. The minimum Gasteiger partial charge on any atom is -0.496 e. The summed E-state index contributed by atoms with van der Waals surface area (Å²) in [5.74, 6) is 1.46. The Morgan fingerprint density at radius 1 is 1.17 bits per heavy atom. The second kappa shape index (κ2) is 4.75. The van der Waals surface area contributed by atoms with Crippen molar-refractivity contribution in [1.29, 1.82) is 0 Å². The molecule has 2 bridgehead atoms. The van der Waals surface area contributed by atoms with Crippen molar-refractivity contribution >= 4 is 0 Å². The quantitative estimate of drug-likeness (QED) is 0.829. The first-order chi connectivity index (χ1) is 10.5. The standard InChI is InChI=1S/C21H32O2/c1-18(2,3)15-9-8-10-16(17(15)23-7)21(22)19(4,5)14-11-12-20(21,6)13-14/h8-10,14,22H,11-13H2,1-7H3. The van der Waals surface area contributed by atoms with Gasteiger partial charge in [0.05, 0.1) is 7.11 Å². The molecule has 0 heterocycles. The van der Waals surface area contributed by atoms with Crippen LogP contribution in [0.3, 0.4) is 0 Å². The van der Waals surface area contributed by atoms with Gasteiger partial charge in [-0.3, -0.25) is 0 Å². The van der Waals surface area contributed by atoms with E-state index >= 15 is 0 Å². The molecule has 0 saturated heterocycles. The summed E-state index contributed by atoms with van der Waals surface area (Å²) in [5, 5.41) is 12.1. The minimum absolute atomic E-state index is 0.0135. The molecule has 128 valence electrons. The van der Waals surface area contributed by atoms with Crippen molar-refractivity contribution in [2.45, 2.75) is 71.8 Å². The predicted molar refractivity (Wildman–Crippen MR) is 94.8 cm³/mol. The van der Waals surface area contributed by atoms with E-state index in [-0.39, 0.29) is 16.2 Å². The van der Waals surface area contributed by atoms with Crippen LogP contribution in [-0.4, -0.2) is 12.2 Å². The summed E-state index contributed by atoms with van der Waals surface area (Å²) in [6.45, 7) is 13.4. The molecule has 2 nitrogen and oxygen atoms in total. The molecule has 1 aromatic rings. The van der Waals surface area contributed by atoms with Crippen LogP contribution in [0.5, 0.6) is 5.75 Å². The number of fused-ring (bicyclic) bond motifs is 2. The van der Waals surface area contributed by atoms with Gasteiger partial charge in [0, 0.05) is 16.4 Å². The first-order valence-corrected chi connectivity index (χ1v) is 8.89. The van der Waals surface area contributed by atoms with Crippen LogP contribution in [0, 0.1) is 16.7 Å². The van der Waals surface area contributed by atoms with Gasteiger partial charge in [-0.05, 0) is 36.2 Å². The van der Waals surface area contributed by atoms with Gasteiger partial charge in [-0.15, -0.1) is 0 Å². The zero-order valence-corrected chi connectivity index (χ0v) is 15.8. The third kappa shape index (κ3) is 1.97. The summed E-state index contributed by atoms with van der Waals surface area (Å²) in [5.41, 5.74) is 1.11. The van der Waals surface area contributed by atoms with Crippen molar-refractivity contribution in [2.75, 3.05) is 7.11 Å². The van der Waals surface area contributed by atoms with Crippen LogP contribution in [0.4, 0.5) is 0 Å². The summed E-state index contributed by atoms with van der Waals surface area (Å²) >= 11 is 0. The van der Waals surface area contributed by atoms with E-state index in [1.807, 2.05) is 0 Å². The Hall–Kier alpha value is -1.02. The van der Waals surface area contributed by atoms with Crippen LogP contribution in [-0.2, 0) is 11.0 Å². The highest BCUT2D eigenvalue weighted by Crippen LogP contribution is 2.72. The molecule has 2 aliphatic rings. The summed E-state index contributed by atoms with van der Waals surface area (Å²) in [6.07, 6.45) is 3.44. The monoisotopic (exact) mass is 316 g/mol. The van der Waals surface area contributed by atoms with Crippen molar-refractivity contribution in [3.8, 4) is 5.75 Å². The highest BCUT2D eigenvalue weighted by atomic mass is 16.5. The van der Waals surface area contributed by atoms with E-state index in [9.17, 15) is 5.11 Å². The lowest BCUT2D eigenvalue weighted by atomic mass is 9.57. The van der Waals surface area contributed by atoms with Crippen molar-refractivity contribution in [2.24, 2.45) is 16.7 Å². The Balaban J connectivity index is 2.26. The molecule has 0 radical (unpaired) electrons. The van der Waals surface area contributed by atoms with Gasteiger partial charge in [0.15, 0.2) is 0 Å². The van der Waals surface area contributed by atoms with E-state index in [0.717, 1.165) is 24.2 Å². The second-order valence-corrected chi connectivity index (χ2v) is 9.57. The van der Waals surface area contributed by atoms with Gasteiger partial charge in [0.2, 0.25) is 0 Å². The molecular weight excluding hydrogens is 284 g/mol. The lowest BCUT2D eigenvalue weighted by Crippen LogP contribution is -2.51. The Kier molecular flexibility index (Phi) is 3.48. The largest absolute Gasteiger partial charge is 0.496 e. The highest BCUT2D eigenvalue weighted by Gasteiger charge is 2.69. The van der Waals surface area contributed by atoms with Crippen LogP contribution in [0.15, 0.2) is 18.2 Å². The first kappa shape index (κ1) is 16.8. The summed E-state index contributed by atoms with van der Waals surface area (Å²) in [7, 11) is 1.74. The van der Waals surface area contributed by atoms with Crippen molar-refractivity contribution in [3.05, 3.63) is 29.3 Å². The number of hydrogen-bond acceptors (Lipinski definition) is 2. The van der Waals surface area contributed by atoms with Crippen LogP contribution in [0.2, 0.25) is 0 Å². The first-order valence-electron chi connectivity index (χ1n) is 8.89. The lowest BCUT2D eigenvalue weighted by Gasteiger charge is -2.51. The molecule has 3 unspecified atom stereocenters. The molecule has 0 amide bonds. The van der Waals surface area contributed by atoms with Gasteiger partial charge in [0.1, 0.15) is 11.4 Å². The molecule has 0 aliphatic heterocycles. The van der Waals surface area contributed by atoms with Gasteiger partial charge in [-0.2, -0.15) is 0 Å². The molecule has 2 saturated carbocycles. The molecule has 3 atom stereocenters. The molecule has 1 N–H and O–H groups in total. The zero-order valence-electron chi connectivity index (χ0n) is 15.8. The Bertz CT molecular complexity index is 618. The predicted octanol–water partition coefficient (Wildman–Crippen LogP) is 5.03. The molecule has 0 aromatic heterocycles. The summed E-state index contributed by atoms with van der Waals surface area (Å²) in [6, 6.07) is 6.30. The Morgan fingerprint density at radius 3 is 2.30 bits per heavy atom. The van der Waals surface area contributed by atoms with Crippen LogP contribution < -0.4 is 4.74 Å². The van der Waals surface area contributed by atoms with Crippen molar-refractivity contribution < 1.29 is 9.84 Å². The Labute approximate surface area is 141 Å². The maximum atomic E-state index is 12.1. The number of methoxy groups -OCH3 is 1. The van der Waals surface area contributed by atoms with E-state index in [2.05, 4.69) is 59.7 Å². The number of benzene rings is 1. The van der Waals surface area contributed by atoms with E-state index in [1.54, 1.807) is 7.11 Å². The number of hydrogen-bond donors (Lipinski definition) is 1. The van der Waals surface area contributed by atoms with E-state index in [4.69, 9.17) is 4.74 Å². The average Bonchev–Trinajstić information content (AvgIpc) is 2.93. The van der Waals surface area contributed by atoms with E-state index in [1.165, 1.54) is 12.0 Å². The van der Waals surface area contributed by atoms with Crippen molar-refractivity contribution in [1.82, 2.24) is 0 Å². The number of para-hydroxylation sites is 1. The third-order valence-corrected chi connectivity index (χ3v) is 6.99. The van der Waals surface area contributed by atoms with Gasteiger partial charge in [-0.25, -0.2) is 0 Å². The minimum atomic E-state index is -0.838. The zero-order chi connectivity index (χ0) is 17.3. The van der Waals surface area contributed by atoms with Gasteiger partial charge in [0.25, 0.3) is 0 Å². The highest BCUT2D eigenvalue weighted by molar-refractivity contribution is 5.50. The van der Waals surface area contributed by atoms with Gasteiger partial charge in [-0.1, -0.05) is 59.7 Å². The van der Waals surface area contributed by atoms with Gasteiger partial charge < -0.3 is 9.84 Å². The fraction of sp³-hybridized carbons (Fsp3) is 0.714.